The largest absolute Gasteiger partial charge is 0.390 e. The molecular formula is C18H26N4O3S. The zero-order valence-corrected chi connectivity index (χ0v) is 16.7. The molecule has 0 unspecified atom stereocenters. The number of rotatable bonds is 5. The third kappa shape index (κ3) is 3.66. The first-order valence-electron chi connectivity index (χ1n) is 9.00. The van der Waals surface area contributed by atoms with Crippen molar-refractivity contribution < 1.29 is 9.90 Å². The van der Waals surface area contributed by atoms with Crippen molar-refractivity contribution >= 4 is 27.5 Å². The summed E-state index contributed by atoms with van der Waals surface area (Å²) in [6.45, 7) is 9.71. The van der Waals surface area contributed by atoms with Gasteiger partial charge in [-0.25, -0.2) is 9.67 Å². The molecule has 0 atom stereocenters. The Labute approximate surface area is 156 Å². The van der Waals surface area contributed by atoms with Crippen molar-refractivity contribution in [1.82, 2.24) is 20.1 Å². The Morgan fingerprint density at radius 2 is 2.00 bits per heavy atom. The van der Waals surface area contributed by atoms with Gasteiger partial charge < -0.3 is 10.4 Å². The molecule has 2 aromatic rings. The van der Waals surface area contributed by atoms with Crippen molar-refractivity contribution in [2.24, 2.45) is 0 Å². The third-order valence-corrected chi connectivity index (χ3v) is 5.96. The van der Waals surface area contributed by atoms with Crippen LogP contribution in [0.3, 0.4) is 0 Å². The molecule has 7 nitrogen and oxygen atoms in total. The first-order chi connectivity index (χ1) is 12.1. The van der Waals surface area contributed by atoms with E-state index in [0.717, 1.165) is 10.7 Å². The highest BCUT2D eigenvalue weighted by Crippen LogP contribution is 2.31. The Bertz CT molecular complexity index is 890. The number of aromatic nitrogens is 3. The summed E-state index contributed by atoms with van der Waals surface area (Å²) in [5.74, 6) is 0.0639. The number of carbonyl (C=O) groups is 1. The number of nitrogens with one attached hydrogen (secondary N) is 1. The molecule has 0 saturated heterocycles. The van der Waals surface area contributed by atoms with Crippen LogP contribution in [0.15, 0.2) is 4.79 Å². The van der Waals surface area contributed by atoms with Gasteiger partial charge >= 0.3 is 0 Å². The summed E-state index contributed by atoms with van der Waals surface area (Å²) >= 11 is 1.38. The number of hydrogen-bond acceptors (Lipinski definition) is 6. The quantitative estimate of drug-likeness (QED) is 0.831. The summed E-state index contributed by atoms with van der Waals surface area (Å²) in [6, 6.07) is -0.0440. The summed E-state index contributed by atoms with van der Waals surface area (Å²) in [4.78, 5) is 29.7. The molecule has 1 amide bonds. The summed E-state index contributed by atoms with van der Waals surface area (Å²) in [5, 5.41) is 18.0. The van der Waals surface area contributed by atoms with Gasteiger partial charge in [-0.3, -0.25) is 9.59 Å². The molecular weight excluding hydrogens is 352 g/mol. The van der Waals surface area contributed by atoms with E-state index in [-0.39, 0.29) is 35.9 Å². The van der Waals surface area contributed by atoms with Crippen LogP contribution in [0.25, 0.3) is 10.2 Å². The monoisotopic (exact) mass is 378 g/mol. The van der Waals surface area contributed by atoms with Gasteiger partial charge in [0.1, 0.15) is 16.8 Å². The summed E-state index contributed by atoms with van der Waals surface area (Å²) in [5.41, 5.74) is 0.421. The van der Waals surface area contributed by atoms with Crippen molar-refractivity contribution in [1.29, 1.82) is 0 Å². The lowest BCUT2D eigenvalue weighted by molar-refractivity contribution is -0.125. The molecule has 3 rings (SSSR count). The SMILES string of the molecule is CC(C)c1nc2c(C(C)C)nn(CC(=O)NC3CC(C)(O)C3)c(=O)c2s1. The molecule has 1 aliphatic carbocycles. The smallest absolute Gasteiger partial charge is 0.286 e. The minimum absolute atomic E-state index is 0.0440. The molecule has 2 aromatic heterocycles. The molecule has 1 aliphatic rings. The van der Waals surface area contributed by atoms with Gasteiger partial charge in [0.2, 0.25) is 5.91 Å². The zero-order chi connectivity index (χ0) is 19.2. The maximum absolute atomic E-state index is 12.8. The van der Waals surface area contributed by atoms with Crippen LogP contribution in [0.1, 0.15) is 70.0 Å². The number of amides is 1. The van der Waals surface area contributed by atoms with Crippen molar-refractivity contribution in [3.8, 4) is 0 Å². The maximum atomic E-state index is 12.8. The predicted octanol–water partition coefficient (Wildman–Crippen LogP) is 2.13. The highest BCUT2D eigenvalue weighted by molar-refractivity contribution is 7.18. The minimum Gasteiger partial charge on any atom is -0.390 e. The van der Waals surface area contributed by atoms with Gasteiger partial charge in [-0.15, -0.1) is 11.3 Å². The zero-order valence-electron chi connectivity index (χ0n) is 15.9. The van der Waals surface area contributed by atoms with E-state index in [1.54, 1.807) is 6.92 Å². The summed E-state index contributed by atoms with van der Waals surface area (Å²) in [6.07, 6.45) is 1.06. The van der Waals surface area contributed by atoms with Crippen LogP contribution in [0, 0.1) is 0 Å². The topological polar surface area (TPSA) is 97.1 Å². The Morgan fingerprint density at radius 1 is 1.35 bits per heavy atom. The van der Waals surface area contributed by atoms with Gasteiger partial charge in [0.15, 0.2) is 0 Å². The van der Waals surface area contributed by atoms with Crippen LogP contribution in [-0.2, 0) is 11.3 Å². The molecule has 1 fully saturated rings. The van der Waals surface area contributed by atoms with Crippen LogP contribution in [-0.4, -0.2) is 37.4 Å². The number of fused-ring (bicyclic) bond motifs is 1. The van der Waals surface area contributed by atoms with Gasteiger partial charge in [-0.1, -0.05) is 27.7 Å². The third-order valence-electron chi connectivity index (χ3n) is 4.62. The number of carbonyl (C=O) groups excluding carboxylic acids is 1. The second-order valence-electron chi connectivity index (χ2n) is 8.06. The fraction of sp³-hybridized carbons (Fsp3) is 0.667. The Morgan fingerprint density at radius 3 is 2.54 bits per heavy atom. The maximum Gasteiger partial charge on any atom is 0.286 e. The Kier molecular flexibility index (Phi) is 4.92. The standard InChI is InChI=1S/C18H26N4O3S/c1-9(2)13-14-15(26-16(20-14)10(3)4)17(24)22(21-13)8-12(23)19-11-6-18(5,25)7-11/h9-11,25H,6-8H2,1-5H3,(H,19,23). The molecule has 0 aromatic carbocycles. The molecule has 0 bridgehead atoms. The van der Waals surface area contributed by atoms with Gasteiger partial charge in [0, 0.05) is 12.0 Å². The lowest BCUT2D eigenvalue weighted by Crippen LogP contribution is -2.54. The van der Waals surface area contributed by atoms with Crippen LogP contribution >= 0.6 is 11.3 Å². The van der Waals surface area contributed by atoms with E-state index in [1.165, 1.54) is 16.0 Å². The van der Waals surface area contributed by atoms with Crippen LogP contribution in [0.2, 0.25) is 0 Å². The van der Waals surface area contributed by atoms with E-state index in [9.17, 15) is 14.7 Å². The molecule has 0 radical (unpaired) electrons. The van der Waals surface area contributed by atoms with Crippen molar-refractivity contribution in [2.45, 2.75) is 77.5 Å². The van der Waals surface area contributed by atoms with Crippen molar-refractivity contribution in [3.63, 3.8) is 0 Å². The molecule has 1 saturated carbocycles. The fourth-order valence-corrected chi connectivity index (χ4v) is 4.27. The van der Waals surface area contributed by atoms with Crippen LogP contribution in [0.4, 0.5) is 0 Å². The van der Waals surface area contributed by atoms with E-state index < -0.39 is 5.60 Å². The van der Waals surface area contributed by atoms with Gasteiger partial charge in [-0.05, 0) is 25.7 Å². The van der Waals surface area contributed by atoms with Gasteiger partial charge in [-0.2, -0.15) is 5.10 Å². The van der Waals surface area contributed by atoms with Gasteiger partial charge in [0.25, 0.3) is 5.56 Å². The first-order valence-corrected chi connectivity index (χ1v) is 9.82. The van der Waals surface area contributed by atoms with Gasteiger partial charge in [0.05, 0.1) is 16.3 Å². The van der Waals surface area contributed by atoms with E-state index in [0.29, 0.717) is 23.1 Å². The van der Waals surface area contributed by atoms with Crippen molar-refractivity contribution in [3.05, 3.63) is 21.1 Å². The lowest BCUT2D eigenvalue weighted by Gasteiger charge is -2.41. The average molecular weight is 378 g/mol. The molecule has 8 heteroatoms. The summed E-state index contributed by atoms with van der Waals surface area (Å²) < 4.78 is 1.80. The highest BCUT2D eigenvalue weighted by Gasteiger charge is 2.39. The first kappa shape index (κ1) is 19.0. The number of thiazole rings is 1. The lowest BCUT2D eigenvalue weighted by atomic mass is 9.77. The molecule has 0 aliphatic heterocycles. The summed E-state index contributed by atoms with van der Waals surface area (Å²) in [7, 11) is 0. The average Bonchev–Trinajstić information content (AvgIpc) is 2.93. The molecule has 26 heavy (non-hydrogen) atoms. The van der Waals surface area contributed by atoms with E-state index >= 15 is 0 Å². The molecule has 142 valence electrons. The van der Waals surface area contributed by atoms with E-state index in [4.69, 9.17) is 0 Å². The fourth-order valence-electron chi connectivity index (χ4n) is 3.25. The predicted molar refractivity (Wildman–Crippen MR) is 102 cm³/mol. The Balaban J connectivity index is 1.89. The number of hydrogen-bond donors (Lipinski definition) is 2. The van der Waals surface area contributed by atoms with Crippen LogP contribution < -0.4 is 10.9 Å². The molecule has 2 heterocycles. The second-order valence-corrected chi connectivity index (χ2v) is 9.09. The molecule has 2 N–H and O–H groups in total. The van der Waals surface area contributed by atoms with Crippen molar-refractivity contribution in [2.75, 3.05) is 0 Å². The van der Waals surface area contributed by atoms with E-state index in [2.05, 4.69) is 15.4 Å². The highest BCUT2D eigenvalue weighted by atomic mass is 32.1. The second kappa shape index (κ2) is 6.74. The number of nitrogens with zero attached hydrogens (tertiary/aromatic N) is 3. The minimum atomic E-state index is -0.702. The normalized spacial score (nSPS) is 22.8. The van der Waals surface area contributed by atoms with E-state index in [1.807, 2.05) is 27.7 Å². The number of aliphatic hydroxyl groups is 1. The van der Waals surface area contributed by atoms with Crippen LogP contribution in [0.5, 0.6) is 0 Å². The Hall–Kier alpha value is -1.80. The molecule has 0 spiro atoms.